The molecule has 1 saturated carbocycles. The quantitative estimate of drug-likeness (QED) is 0.790. The predicted octanol–water partition coefficient (Wildman–Crippen LogP) is 2.42. The van der Waals surface area contributed by atoms with Crippen LogP contribution in [0.1, 0.15) is 44.3 Å². The van der Waals surface area contributed by atoms with Gasteiger partial charge in [-0.2, -0.15) is 4.68 Å². The molecule has 4 rings (SSSR count). The molecule has 0 spiro atoms. The molecule has 2 fully saturated rings. The molecule has 0 unspecified atom stereocenters. The molecule has 7 nitrogen and oxygen atoms in total. The van der Waals surface area contributed by atoms with Crippen LogP contribution in [-0.4, -0.2) is 62.1 Å². The van der Waals surface area contributed by atoms with Crippen LogP contribution < -0.4 is 0 Å². The van der Waals surface area contributed by atoms with Crippen LogP contribution in [0.3, 0.4) is 0 Å². The highest BCUT2D eigenvalue weighted by molar-refractivity contribution is 5.76. The van der Waals surface area contributed by atoms with Crippen LogP contribution in [0.25, 0.3) is 5.69 Å². The van der Waals surface area contributed by atoms with Crippen LogP contribution in [-0.2, 0) is 11.3 Å². The van der Waals surface area contributed by atoms with Crippen LogP contribution in [0.15, 0.2) is 24.3 Å². The van der Waals surface area contributed by atoms with E-state index < -0.39 is 0 Å². The Morgan fingerprint density at radius 1 is 1.04 bits per heavy atom. The lowest BCUT2D eigenvalue weighted by molar-refractivity contribution is -0.134. The van der Waals surface area contributed by atoms with E-state index in [1.165, 1.54) is 44.2 Å². The molecule has 0 radical (unpaired) electrons. The van der Waals surface area contributed by atoms with E-state index in [2.05, 4.69) is 20.4 Å². The summed E-state index contributed by atoms with van der Waals surface area (Å²) in [5.41, 5.74) is 0.739. The number of rotatable bonds is 5. The van der Waals surface area contributed by atoms with E-state index in [1.54, 1.807) is 16.8 Å². The molecular formula is C20H27FN6O. The number of tetrazole rings is 1. The topological polar surface area (TPSA) is 67.2 Å². The number of carbonyl (C=O) groups excluding carboxylic acids is 1. The summed E-state index contributed by atoms with van der Waals surface area (Å²) in [6, 6.07) is 6.13. The van der Waals surface area contributed by atoms with E-state index in [4.69, 9.17) is 0 Å². The second kappa shape index (κ2) is 8.77. The molecule has 1 saturated heterocycles. The summed E-state index contributed by atoms with van der Waals surface area (Å²) >= 11 is 0. The standard InChI is InChI=1S/C20H27FN6O/c21-17-6-8-18(9-7-17)27-19(22-23-24-27)15-25-10-12-26(13-11-25)20(28)14-16-4-2-1-3-5-16/h6-9,16H,1-5,10-15H2. The number of benzene rings is 1. The molecule has 8 heteroatoms. The molecule has 2 heterocycles. The fourth-order valence-corrected chi connectivity index (χ4v) is 4.21. The number of aromatic nitrogens is 4. The number of hydrogen-bond donors (Lipinski definition) is 0. The zero-order valence-electron chi connectivity index (χ0n) is 16.1. The summed E-state index contributed by atoms with van der Waals surface area (Å²) in [4.78, 5) is 16.9. The Kier molecular flexibility index (Phi) is 5.95. The van der Waals surface area contributed by atoms with Crippen molar-refractivity contribution >= 4 is 5.91 Å². The third-order valence-corrected chi connectivity index (χ3v) is 5.88. The Hall–Kier alpha value is -2.35. The smallest absolute Gasteiger partial charge is 0.222 e. The minimum absolute atomic E-state index is 0.285. The van der Waals surface area contributed by atoms with E-state index in [9.17, 15) is 9.18 Å². The van der Waals surface area contributed by atoms with Gasteiger partial charge in [0, 0.05) is 32.6 Å². The van der Waals surface area contributed by atoms with Crippen molar-refractivity contribution in [2.75, 3.05) is 26.2 Å². The van der Waals surface area contributed by atoms with Gasteiger partial charge in [0.25, 0.3) is 0 Å². The molecule has 1 aromatic heterocycles. The summed E-state index contributed by atoms with van der Waals surface area (Å²) in [5.74, 6) is 1.32. The van der Waals surface area contributed by atoms with Gasteiger partial charge in [-0.15, -0.1) is 5.10 Å². The van der Waals surface area contributed by atoms with E-state index in [0.29, 0.717) is 30.6 Å². The Bertz CT molecular complexity index is 778. The van der Waals surface area contributed by atoms with E-state index in [1.807, 2.05) is 4.90 Å². The Labute approximate surface area is 164 Å². The molecule has 1 aromatic carbocycles. The van der Waals surface area contributed by atoms with Gasteiger partial charge in [-0.25, -0.2) is 4.39 Å². The monoisotopic (exact) mass is 386 g/mol. The fraction of sp³-hybridized carbons (Fsp3) is 0.600. The van der Waals surface area contributed by atoms with Crippen LogP contribution in [0.2, 0.25) is 0 Å². The summed E-state index contributed by atoms with van der Waals surface area (Å²) in [6.45, 7) is 3.74. The maximum absolute atomic E-state index is 13.2. The lowest BCUT2D eigenvalue weighted by Gasteiger charge is -2.35. The highest BCUT2D eigenvalue weighted by Crippen LogP contribution is 2.27. The van der Waals surface area contributed by atoms with Crippen molar-refractivity contribution in [1.82, 2.24) is 30.0 Å². The molecule has 1 amide bonds. The summed E-state index contributed by atoms with van der Waals surface area (Å²) in [6.07, 6.45) is 6.99. The number of amides is 1. The van der Waals surface area contributed by atoms with Crippen molar-refractivity contribution in [3.63, 3.8) is 0 Å². The Morgan fingerprint density at radius 2 is 1.75 bits per heavy atom. The predicted molar refractivity (Wildman–Crippen MR) is 102 cm³/mol. The summed E-state index contributed by atoms with van der Waals surface area (Å²) < 4.78 is 14.8. The average Bonchev–Trinajstić information content (AvgIpc) is 3.18. The number of hydrogen-bond acceptors (Lipinski definition) is 5. The molecule has 1 aliphatic heterocycles. The fourth-order valence-electron chi connectivity index (χ4n) is 4.21. The highest BCUT2D eigenvalue weighted by Gasteiger charge is 2.25. The maximum Gasteiger partial charge on any atom is 0.222 e. The van der Waals surface area contributed by atoms with Crippen LogP contribution in [0, 0.1) is 11.7 Å². The van der Waals surface area contributed by atoms with Crippen molar-refractivity contribution in [3.8, 4) is 5.69 Å². The second-order valence-electron chi connectivity index (χ2n) is 7.85. The zero-order valence-corrected chi connectivity index (χ0v) is 16.1. The summed E-state index contributed by atoms with van der Waals surface area (Å²) in [5, 5.41) is 11.9. The molecule has 1 aliphatic carbocycles. The number of halogens is 1. The van der Waals surface area contributed by atoms with Gasteiger partial charge in [0.2, 0.25) is 5.91 Å². The van der Waals surface area contributed by atoms with E-state index in [-0.39, 0.29) is 5.82 Å². The molecule has 28 heavy (non-hydrogen) atoms. The van der Waals surface area contributed by atoms with Gasteiger partial charge in [0.1, 0.15) is 5.82 Å². The molecule has 0 atom stereocenters. The Morgan fingerprint density at radius 3 is 2.46 bits per heavy atom. The minimum atomic E-state index is -0.285. The number of piperazine rings is 1. The molecular weight excluding hydrogens is 359 g/mol. The third kappa shape index (κ3) is 4.55. The SMILES string of the molecule is O=C(CC1CCCCC1)N1CCN(Cc2nnnn2-c2ccc(F)cc2)CC1. The lowest BCUT2D eigenvalue weighted by Crippen LogP contribution is -2.48. The second-order valence-corrected chi connectivity index (χ2v) is 7.85. The van der Waals surface area contributed by atoms with E-state index in [0.717, 1.165) is 31.9 Å². The van der Waals surface area contributed by atoms with E-state index >= 15 is 0 Å². The first-order valence-corrected chi connectivity index (χ1v) is 10.2. The lowest BCUT2D eigenvalue weighted by atomic mass is 9.86. The van der Waals surface area contributed by atoms with Crippen molar-refractivity contribution < 1.29 is 9.18 Å². The first-order chi connectivity index (χ1) is 13.7. The summed E-state index contributed by atoms with van der Waals surface area (Å²) in [7, 11) is 0. The van der Waals surface area contributed by atoms with Crippen LogP contribution in [0.4, 0.5) is 4.39 Å². The largest absolute Gasteiger partial charge is 0.340 e. The molecule has 0 bridgehead atoms. The molecule has 0 N–H and O–H groups in total. The van der Waals surface area contributed by atoms with Gasteiger partial charge in [0.05, 0.1) is 12.2 Å². The van der Waals surface area contributed by atoms with Gasteiger partial charge in [-0.05, 0) is 53.5 Å². The maximum atomic E-state index is 13.2. The third-order valence-electron chi connectivity index (χ3n) is 5.88. The van der Waals surface area contributed by atoms with Crippen LogP contribution >= 0.6 is 0 Å². The van der Waals surface area contributed by atoms with Crippen LogP contribution in [0.5, 0.6) is 0 Å². The molecule has 2 aliphatic rings. The minimum Gasteiger partial charge on any atom is -0.340 e. The van der Waals surface area contributed by atoms with Crippen molar-refractivity contribution in [2.24, 2.45) is 5.92 Å². The first-order valence-electron chi connectivity index (χ1n) is 10.2. The van der Waals surface area contributed by atoms with Gasteiger partial charge >= 0.3 is 0 Å². The Balaban J connectivity index is 1.30. The molecule has 2 aromatic rings. The first kappa shape index (κ1) is 19.0. The van der Waals surface area contributed by atoms with Gasteiger partial charge < -0.3 is 4.90 Å². The van der Waals surface area contributed by atoms with Crippen molar-refractivity contribution in [1.29, 1.82) is 0 Å². The van der Waals surface area contributed by atoms with Gasteiger partial charge in [-0.3, -0.25) is 9.69 Å². The number of nitrogens with zero attached hydrogens (tertiary/aromatic N) is 6. The highest BCUT2D eigenvalue weighted by atomic mass is 19.1. The molecule has 150 valence electrons. The average molecular weight is 386 g/mol. The number of carbonyl (C=O) groups is 1. The zero-order chi connectivity index (χ0) is 19.3. The van der Waals surface area contributed by atoms with Crippen molar-refractivity contribution in [3.05, 3.63) is 35.9 Å². The van der Waals surface area contributed by atoms with Crippen molar-refractivity contribution in [2.45, 2.75) is 45.1 Å². The normalized spacial score (nSPS) is 19.1. The van der Waals surface area contributed by atoms with Gasteiger partial charge in [-0.1, -0.05) is 19.3 Å². The van der Waals surface area contributed by atoms with Gasteiger partial charge in [0.15, 0.2) is 5.82 Å².